The van der Waals surface area contributed by atoms with Crippen LogP contribution in [0.15, 0.2) is 17.5 Å². The summed E-state index contributed by atoms with van der Waals surface area (Å²) in [6, 6.07) is 4.09. The number of rotatable bonds is 6. The molecule has 1 aliphatic carbocycles. The Labute approximate surface area is 125 Å². The zero-order valence-corrected chi connectivity index (χ0v) is 13.0. The minimum absolute atomic E-state index is 0.239. The van der Waals surface area contributed by atoms with Gasteiger partial charge in [-0.05, 0) is 56.4 Å². The number of hydrogen-bond donors (Lipinski definition) is 0. The van der Waals surface area contributed by atoms with Gasteiger partial charge in [-0.3, -0.25) is 4.79 Å². The fourth-order valence-electron chi connectivity index (χ4n) is 2.86. The van der Waals surface area contributed by atoms with Crippen LogP contribution < -0.4 is 0 Å². The third-order valence-corrected chi connectivity index (χ3v) is 5.07. The summed E-state index contributed by atoms with van der Waals surface area (Å²) >= 11 is 1.69. The molecular weight excluding hydrogens is 273 g/mol. The van der Waals surface area contributed by atoms with Crippen LogP contribution in [0.5, 0.6) is 0 Å². The van der Waals surface area contributed by atoms with Gasteiger partial charge in [0.2, 0.25) is 5.91 Å². The first-order chi connectivity index (χ1) is 9.69. The van der Waals surface area contributed by atoms with Gasteiger partial charge in [-0.2, -0.15) is 0 Å². The Kier molecular flexibility index (Phi) is 6.02. The molecule has 1 amide bonds. The summed E-state index contributed by atoms with van der Waals surface area (Å²) in [5, 5.41) is 2.04. The van der Waals surface area contributed by atoms with Gasteiger partial charge < -0.3 is 4.90 Å². The lowest BCUT2D eigenvalue weighted by Gasteiger charge is -2.25. The summed E-state index contributed by atoms with van der Waals surface area (Å²) in [5.41, 5.74) is 0. The first-order valence-corrected chi connectivity index (χ1v) is 8.51. The van der Waals surface area contributed by atoms with Crippen molar-refractivity contribution in [2.45, 2.75) is 58.2 Å². The second kappa shape index (κ2) is 7.77. The number of carbonyl (C=O) groups is 1. The van der Waals surface area contributed by atoms with Gasteiger partial charge in [0.1, 0.15) is 6.17 Å². The highest BCUT2D eigenvalue weighted by atomic mass is 32.1. The van der Waals surface area contributed by atoms with Gasteiger partial charge in [-0.25, -0.2) is 4.39 Å². The Bertz CT molecular complexity index is 399. The zero-order chi connectivity index (χ0) is 14.4. The first kappa shape index (κ1) is 15.5. The van der Waals surface area contributed by atoms with E-state index in [1.807, 2.05) is 23.3 Å². The second-order valence-corrected chi connectivity index (χ2v) is 6.68. The molecule has 1 aliphatic rings. The van der Waals surface area contributed by atoms with E-state index in [-0.39, 0.29) is 5.91 Å². The van der Waals surface area contributed by atoms with Crippen molar-refractivity contribution >= 4 is 17.2 Å². The van der Waals surface area contributed by atoms with Gasteiger partial charge in [0.05, 0.1) is 6.54 Å². The Morgan fingerprint density at radius 2 is 2.15 bits per heavy atom. The lowest BCUT2D eigenvalue weighted by Crippen LogP contribution is -2.30. The number of hydrogen-bond acceptors (Lipinski definition) is 2. The van der Waals surface area contributed by atoms with E-state index in [2.05, 4.69) is 6.07 Å². The van der Waals surface area contributed by atoms with E-state index in [1.165, 1.54) is 4.88 Å². The van der Waals surface area contributed by atoms with E-state index in [0.29, 0.717) is 25.2 Å². The molecule has 2 nitrogen and oxygen atoms in total. The van der Waals surface area contributed by atoms with Crippen LogP contribution in [0.1, 0.15) is 50.3 Å². The quantitative estimate of drug-likeness (QED) is 0.762. The summed E-state index contributed by atoms with van der Waals surface area (Å²) in [5.74, 6) is 0.787. The van der Waals surface area contributed by atoms with E-state index in [9.17, 15) is 9.18 Å². The summed E-state index contributed by atoms with van der Waals surface area (Å²) in [4.78, 5) is 15.4. The second-order valence-electron chi connectivity index (χ2n) is 5.64. The normalized spacial score (nSPS) is 22.7. The Hall–Kier alpha value is -0.900. The van der Waals surface area contributed by atoms with E-state index < -0.39 is 6.17 Å². The third kappa shape index (κ3) is 4.58. The number of thiophene rings is 1. The van der Waals surface area contributed by atoms with Crippen LogP contribution in [-0.2, 0) is 11.3 Å². The van der Waals surface area contributed by atoms with Crippen molar-refractivity contribution in [3.8, 4) is 0 Å². The van der Waals surface area contributed by atoms with E-state index in [0.717, 1.165) is 32.4 Å². The molecule has 1 fully saturated rings. The van der Waals surface area contributed by atoms with E-state index in [4.69, 9.17) is 0 Å². The Morgan fingerprint density at radius 1 is 1.40 bits per heavy atom. The van der Waals surface area contributed by atoms with Crippen molar-refractivity contribution in [3.63, 3.8) is 0 Å². The van der Waals surface area contributed by atoms with Crippen LogP contribution >= 0.6 is 11.3 Å². The van der Waals surface area contributed by atoms with Crippen molar-refractivity contribution in [2.75, 3.05) is 6.54 Å². The molecular formula is C16H24FNOS. The van der Waals surface area contributed by atoms with E-state index in [1.54, 1.807) is 11.3 Å². The molecule has 112 valence electrons. The average Bonchev–Trinajstić information content (AvgIpc) is 2.97. The average molecular weight is 297 g/mol. The number of amides is 1. The van der Waals surface area contributed by atoms with Crippen molar-refractivity contribution in [1.82, 2.24) is 4.90 Å². The standard InChI is InChI=1S/C16H24FNOS/c1-2-18(12-15-4-3-11-20-15)16(19)10-7-13-5-8-14(17)9-6-13/h3-4,11,13-14H,2,5-10,12H2,1H3. The van der Waals surface area contributed by atoms with Gasteiger partial charge in [0.25, 0.3) is 0 Å². The van der Waals surface area contributed by atoms with Crippen LogP contribution in [0.2, 0.25) is 0 Å². The first-order valence-electron chi connectivity index (χ1n) is 7.63. The third-order valence-electron chi connectivity index (χ3n) is 4.20. The van der Waals surface area contributed by atoms with Crippen LogP contribution in [-0.4, -0.2) is 23.5 Å². The summed E-state index contributed by atoms with van der Waals surface area (Å²) in [6.45, 7) is 3.51. The molecule has 0 aromatic carbocycles. The lowest BCUT2D eigenvalue weighted by molar-refractivity contribution is -0.131. The minimum atomic E-state index is -0.604. The van der Waals surface area contributed by atoms with Gasteiger partial charge in [-0.15, -0.1) is 11.3 Å². The van der Waals surface area contributed by atoms with Crippen LogP contribution in [0.3, 0.4) is 0 Å². The highest BCUT2D eigenvalue weighted by Crippen LogP contribution is 2.29. The molecule has 4 heteroatoms. The monoisotopic (exact) mass is 297 g/mol. The summed E-state index contributed by atoms with van der Waals surface area (Å²) in [7, 11) is 0. The maximum atomic E-state index is 13.1. The predicted octanol–water partition coefficient (Wildman–Crippen LogP) is 4.41. The Balaban J connectivity index is 1.74. The van der Waals surface area contributed by atoms with Gasteiger partial charge in [0, 0.05) is 17.8 Å². The zero-order valence-electron chi connectivity index (χ0n) is 12.2. The maximum Gasteiger partial charge on any atom is 0.222 e. The van der Waals surface area contributed by atoms with Crippen LogP contribution in [0, 0.1) is 5.92 Å². The molecule has 0 spiro atoms. The van der Waals surface area contributed by atoms with E-state index >= 15 is 0 Å². The molecule has 2 rings (SSSR count). The van der Waals surface area contributed by atoms with Crippen molar-refractivity contribution in [1.29, 1.82) is 0 Å². The molecule has 1 aromatic rings. The van der Waals surface area contributed by atoms with Gasteiger partial charge >= 0.3 is 0 Å². The molecule has 0 saturated heterocycles. The highest BCUT2D eigenvalue weighted by molar-refractivity contribution is 7.09. The maximum absolute atomic E-state index is 13.1. The number of alkyl halides is 1. The smallest absolute Gasteiger partial charge is 0.222 e. The molecule has 1 heterocycles. The van der Waals surface area contributed by atoms with Crippen molar-refractivity contribution < 1.29 is 9.18 Å². The largest absolute Gasteiger partial charge is 0.338 e. The molecule has 1 saturated carbocycles. The van der Waals surface area contributed by atoms with Crippen molar-refractivity contribution in [3.05, 3.63) is 22.4 Å². The SMILES string of the molecule is CCN(Cc1cccs1)C(=O)CCC1CCC(F)CC1. The van der Waals surface area contributed by atoms with Crippen molar-refractivity contribution in [2.24, 2.45) is 5.92 Å². The molecule has 0 N–H and O–H groups in total. The topological polar surface area (TPSA) is 20.3 Å². The fraction of sp³-hybridized carbons (Fsp3) is 0.688. The number of halogens is 1. The minimum Gasteiger partial charge on any atom is -0.338 e. The molecule has 20 heavy (non-hydrogen) atoms. The van der Waals surface area contributed by atoms with Gasteiger partial charge in [-0.1, -0.05) is 6.07 Å². The summed E-state index contributed by atoms with van der Waals surface area (Å²) in [6.07, 6.45) is 4.20. The van der Waals surface area contributed by atoms with Crippen LogP contribution in [0.25, 0.3) is 0 Å². The lowest BCUT2D eigenvalue weighted by atomic mass is 9.85. The fourth-order valence-corrected chi connectivity index (χ4v) is 3.58. The molecule has 0 atom stereocenters. The number of carbonyl (C=O) groups excluding carboxylic acids is 1. The molecule has 0 unspecified atom stereocenters. The predicted molar refractivity (Wildman–Crippen MR) is 81.5 cm³/mol. The van der Waals surface area contributed by atoms with Gasteiger partial charge in [0.15, 0.2) is 0 Å². The molecule has 0 bridgehead atoms. The number of nitrogens with zero attached hydrogens (tertiary/aromatic N) is 1. The molecule has 0 radical (unpaired) electrons. The molecule has 0 aliphatic heterocycles. The molecule has 1 aromatic heterocycles. The van der Waals surface area contributed by atoms with Crippen LogP contribution in [0.4, 0.5) is 4.39 Å². The Morgan fingerprint density at radius 3 is 2.75 bits per heavy atom. The highest BCUT2D eigenvalue weighted by Gasteiger charge is 2.22. The summed E-state index contributed by atoms with van der Waals surface area (Å²) < 4.78 is 13.1.